The zero-order valence-corrected chi connectivity index (χ0v) is 15.0. The summed E-state index contributed by atoms with van der Waals surface area (Å²) in [5.41, 5.74) is 0.823. The van der Waals surface area contributed by atoms with Crippen LogP contribution in [0.2, 0.25) is 10.3 Å². The van der Waals surface area contributed by atoms with E-state index in [-0.39, 0.29) is 22.7 Å². The summed E-state index contributed by atoms with van der Waals surface area (Å²) in [5, 5.41) is 0.415. The zero-order chi connectivity index (χ0) is 17.5. The molecule has 1 radical (unpaired) electrons. The monoisotopic (exact) mass is 345 g/mol. The van der Waals surface area contributed by atoms with Crippen LogP contribution in [0.3, 0.4) is 0 Å². The van der Waals surface area contributed by atoms with Gasteiger partial charge in [-0.15, -0.1) is 0 Å². The van der Waals surface area contributed by atoms with Gasteiger partial charge >= 0.3 is 0 Å². The number of halogens is 2. The van der Waals surface area contributed by atoms with Crippen LogP contribution in [0.1, 0.15) is 39.3 Å². The van der Waals surface area contributed by atoms with E-state index >= 15 is 0 Å². The van der Waals surface area contributed by atoms with Crippen molar-refractivity contribution in [2.24, 2.45) is 0 Å². The maximum atomic E-state index is 13.7. The molecule has 5 heteroatoms. The van der Waals surface area contributed by atoms with Crippen molar-refractivity contribution in [1.82, 2.24) is 0 Å². The molecule has 0 spiro atoms. The average Bonchev–Trinajstić information content (AvgIpc) is 2.72. The Balaban J connectivity index is 1.76. The highest BCUT2D eigenvalue weighted by Crippen LogP contribution is 2.51. The van der Waals surface area contributed by atoms with Crippen molar-refractivity contribution in [3.8, 4) is 11.5 Å². The van der Waals surface area contributed by atoms with E-state index in [2.05, 4.69) is 35.0 Å². The molecule has 2 aromatic rings. The van der Waals surface area contributed by atoms with Gasteiger partial charge in [-0.25, -0.2) is 4.39 Å². The first-order chi connectivity index (χ1) is 11.2. The van der Waals surface area contributed by atoms with Crippen molar-refractivity contribution in [2.45, 2.75) is 44.6 Å². The molecule has 125 valence electrons. The first kappa shape index (κ1) is 17.3. The molecule has 1 saturated heterocycles. The van der Waals surface area contributed by atoms with Gasteiger partial charge < -0.3 is 9.47 Å². The van der Waals surface area contributed by atoms with Crippen LogP contribution in [0.15, 0.2) is 42.5 Å². The second kappa shape index (κ2) is 6.09. The smallest absolute Gasteiger partial charge is 0.166 e. The predicted octanol–water partition coefficient (Wildman–Crippen LogP) is 5.98. The quantitative estimate of drug-likeness (QED) is 0.637. The van der Waals surface area contributed by atoms with Crippen LogP contribution in [-0.4, -0.2) is 12.9 Å². The number of hydrogen-bond acceptors (Lipinski definition) is 2. The molecule has 1 fully saturated rings. The van der Waals surface area contributed by atoms with Gasteiger partial charge in [-0.1, -0.05) is 37.6 Å². The second-order valence-electron chi connectivity index (χ2n) is 7.18. The van der Waals surface area contributed by atoms with Crippen LogP contribution in [0.25, 0.3) is 0 Å². The minimum atomic E-state index is -0.445. The van der Waals surface area contributed by atoms with Crippen LogP contribution in [0, 0.1) is 5.82 Å². The largest absolute Gasteiger partial charge is 0.454 e. The molecule has 24 heavy (non-hydrogen) atoms. The van der Waals surface area contributed by atoms with Gasteiger partial charge in [0.15, 0.2) is 18.8 Å². The Labute approximate surface area is 148 Å². The molecule has 0 N–H and O–H groups in total. The van der Waals surface area contributed by atoms with Crippen LogP contribution in [0.5, 0.6) is 11.5 Å². The minimum Gasteiger partial charge on any atom is -0.454 e. The summed E-state index contributed by atoms with van der Waals surface area (Å²) in [6.07, 6.45) is 0. The molecule has 0 aromatic heterocycles. The molecule has 1 aliphatic heterocycles. The molecule has 0 aliphatic carbocycles. The minimum absolute atomic E-state index is 0.0171. The summed E-state index contributed by atoms with van der Waals surface area (Å²) in [7, 11) is 2.22. The molecule has 0 bridgehead atoms. The van der Waals surface area contributed by atoms with E-state index in [1.807, 2.05) is 24.3 Å². The third-order valence-electron chi connectivity index (χ3n) is 4.87. The average molecular weight is 346 g/mol. The molecule has 2 aromatic carbocycles. The molecule has 1 aliphatic rings. The SMILES string of the molecule is CC1(C)[B]C(c2ccc(Oc3cc(Cl)ccc3F)cc2)OC1(C)C. The Kier molecular flexibility index (Phi) is 4.39. The van der Waals surface area contributed by atoms with E-state index < -0.39 is 5.82 Å². The number of rotatable bonds is 3. The second-order valence-corrected chi connectivity index (χ2v) is 7.62. The van der Waals surface area contributed by atoms with Crippen molar-refractivity contribution < 1.29 is 13.9 Å². The topological polar surface area (TPSA) is 18.5 Å². The van der Waals surface area contributed by atoms with E-state index in [9.17, 15) is 4.39 Å². The molecule has 0 saturated carbocycles. The van der Waals surface area contributed by atoms with E-state index in [1.165, 1.54) is 18.2 Å². The van der Waals surface area contributed by atoms with Crippen LogP contribution in [-0.2, 0) is 4.74 Å². The van der Waals surface area contributed by atoms with Gasteiger partial charge in [0, 0.05) is 11.1 Å². The number of hydrogen-bond donors (Lipinski definition) is 0. The molecule has 0 amide bonds. The maximum absolute atomic E-state index is 13.7. The Morgan fingerprint density at radius 2 is 1.75 bits per heavy atom. The Morgan fingerprint density at radius 3 is 2.33 bits per heavy atom. The molecule has 1 unspecified atom stereocenters. The predicted molar refractivity (Wildman–Crippen MR) is 95.6 cm³/mol. The van der Waals surface area contributed by atoms with E-state index in [0.29, 0.717) is 10.8 Å². The summed E-state index contributed by atoms with van der Waals surface area (Å²) in [4.78, 5) is 0. The van der Waals surface area contributed by atoms with Gasteiger partial charge in [0.1, 0.15) is 5.75 Å². The highest BCUT2D eigenvalue weighted by molar-refractivity contribution is 6.43. The summed E-state index contributed by atoms with van der Waals surface area (Å²) < 4.78 is 25.5. The lowest BCUT2D eigenvalue weighted by Crippen LogP contribution is -2.31. The summed E-state index contributed by atoms with van der Waals surface area (Å²) in [5.74, 6) is 0.220. The van der Waals surface area contributed by atoms with Gasteiger partial charge in [-0.3, -0.25) is 0 Å². The van der Waals surface area contributed by atoms with E-state index in [0.717, 1.165) is 5.56 Å². The van der Waals surface area contributed by atoms with Gasteiger partial charge in [0.2, 0.25) is 0 Å². The third-order valence-corrected chi connectivity index (χ3v) is 5.11. The molecule has 2 nitrogen and oxygen atoms in total. The molecule has 1 heterocycles. The van der Waals surface area contributed by atoms with Gasteiger partial charge in [0.25, 0.3) is 0 Å². The lowest BCUT2D eigenvalue weighted by atomic mass is 9.47. The zero-order valence-electron chi connectivity index (χ0n) is 14.3. The fourth-order valence-corrected chi connectivity index (χ4v) is 2.82. The fraction of sp³-hybridized carbons (Fsp3) is 0.368. The fourth-order valence-electron chi connectivity index (χ4n) is 2.65. The standard InChI is InChI=1S/C19H20BClFO2/c1-18(2)19(3,4)24-17(20-18)12-5-8-14(9-6-12)23-16-11-13(21)7-10-15(16)22/h5-11,17H,1-4H3. The first-order valence-electron chi connectivity index (χ1n) is 7.95. The van der Waals surface area contributed by atoms with Gasteiger partial charge in [-0.05, 0) is 49.0 Å². The van der Waals surface area contributed by atoms with Gasteiger partial charge in [-0.2, -0.15) is 0 Å². The van der Waals surface area contributed by atoms with E-state index in [4.69, 9.17) is 21.1 Å². The van der Waals surface area contributed by atoms with Crippen LogP contribution < -0.4 is 4.74 Å². The summed E-state index contributed by atoms with van der Waals surface area (Å²) in [6.45, 7) is 8.55. The number of ether oxygens (including phenoxy) is 2. The Hall–Kier alpha value is -1.52. The van der Waals surface area contributed by atoms with Crippen LogP contribution in [0.4, 0.5) is 4.39 Å². The van der Waals surface area contributed by atoms with Crippen LogP contribution >= 0.6 is 11.6 Å². The molecular formula is C19H20BClFO2. The van der Waals surface area contributed by atoms with Crippen molar-refractivity contribution in [3.05, 3.63) is 58.9 Å². The summed E-state index contributed by atoms with van der Waals surface area (Å²) >= 11 is 5.88. The lowest BCUT2D eigenvalue weighted by Gasteiger charge is -2.33. The van der Waals surface area contributed by atoms with Crippen molar-refractivity contribution >= 4 is 18.9 Å². The van der Waals surface area contributed by atoms with Crippen molar-refractivity contribution in [3.63, 3.8) is 0 Å². The van der Waals surface area contributed by atoms with Gasteiger partial charge in [0.05, 0.1) is 11.6 Å². The Morgan fingerprint density at radius 1 is 1.08 bits per heavy atom. The number of benzene rings is 2. The normalized spacial score (nSPS) is 21.3. The Bertz CT molecular complexity index is 728. The molecular weight excluding hydrogens is 325 g/mol. The summed E-state index contributed by atoms with van der Waals surface area (Å²) in [6, 6.07) is 11.7. The third kappa shape index (κ3) is 3.31. The maximum Gasteiger partial charge on any atom is 0.166 e. The van der Waals surface area contributed by atoms with Crippen molar-refractivity contribution in [2.75, 3.05) is 0 Å². The first-order valence-corrected chi connectivity index (χ1v) is 8.32. The highest BCUT2D eigenvalue weighted by Gasteiger charge is 2.48. The van der Waals surface area contributed by atoms with Crippen molar-refractivity contribution in [1.29, 1.82) is 0 Å². The molecule has 1 atom stereocenters. The molecule has 3 rings (SSSR count). The lowest BCUT2D eigenvalue weighted by molar-refractivity contribution is -0.0342. The van der Waals surface area contributed by atoms with E-state index in [1.54, 1.807) is 0 Å². The highest BCUT2D eigenvalue weighted by atomic mass is 35.5.